The third-order valence-corrected chi connectivity index (χ3v) is 4.42. The van der Waals surface area contributed by atoms with E-state index in [1.807, 2.05) is 13.8 Å². The van der Waals surface area contributed by atoms with E-state index in [9.17, 15) is 23.1 Å². The highest BCUT2D eigenvalue weighted by molar-refractivity contribution is 5.77. The van der Waals surface area contributed by atoms with Crippen LogP contribution in [-0.4, -0.2) is 46.5 Å². The number of carbonyl (C=O) groups is 1. The third-order valence-electron chi connectivity index (χ3n) is 4.42. The molecule has 1 unspecified atom stereocenters. The molecule has 7 nitrogen and oxygen atoms in total. The van der Waals surface area contributed by atoms with Gasteiger partial charge in [0.2, 0.25) is 11.5 Å². The fraction of sp³-hybridized carbons (Fsp3) is 0.500. The molecule has 1 amide bonds. The molecule has 2 N–H and O–H groups in total. The van der Waals surface area contributed by atoms with Gasteiger partial charge in [0.05, 0.1) is 19.6 Å². The number of aryl methyl sites for hydroxylation is 1. The molecule has 10 heteroatoms. The number of rotatable bonds is 10. The number of imidazole rings is 1. The molecule has 1 aromatic carbocycles. The lowest BCUT2D eigenvalue weighted by atomic mass is 9.97. The van der Waals surface area contributed by atoms with Gasteiger partial charge in [0, 0.05) is 26.0 Å². The van der Waals surface area contributed by atoms with E-state index in [0.29, 0.717) is 31.1 Å². The molecule has 0 radical (unpaired) electrons. The van der Waals surface area contributed by atoms with Crippen molar-refractivity contribution >= 4 is 5.91 Å². The molecular weight excluding hydrogens is 403 g/mol. The van der Waals surface area contributed by atoms with Gasteiger partial charge in [0.1, 0.15) is 0 Å². The molecule has 1 atom stereocenters. The molecule has 0 aliphatic rings. The Morgan fingerprint density at radius 3 is 2.43 bits per heavy atom. The summed E-state index contributed by atoms with van der Waals surface area (Å²) in [5.74, 6) is -0.423. The standard InChI is InChI=1S/C20H26F3N3O4/c1-4-29-15-7-6-14(12-16(15)30-5-2)8-9-24-17(27)13-19(28,20(21,22)23)18-25-10-11-26(18)3/h6-7,10-12,28H,4-5,8-9,13H2,1-3H3,(H,24,27). The summed E-state index contributed by atoms with van der Waals surface area (Å²) in [6.45, 7) is 4.71. The number of ether oxygens (including phenoxy) is 2. The van der Waals surface area contributed by atoms with Gasteiger partial charge >= 0.3 is 6.18 Å². The fourth-order valence-electron chi connectivity index (χ4n) is 2.96. The fourth-order valence-corrected chi connectivity index (χ4v) is 2.96. The maximum atomic E-state index is 13.5. The zero-order valence-corrected chi connectivity index (χ0v) is 17.1. The summed E-state index contributed by atoms with van der Waals surface area (Å²) in [7, 11) is 1.32. The molecule has 0 fully saturated rings. The van der Waals surface area contributed by atoms with Crippen LogP contribution in [0.2, 0.25) is 0 Å². The van der Waals surface area contributed by atoms with Crippen LogP contribution in [0.3, 0.4) is 0 Å². The predicted molar refractivity (Wildman–Crippen MR) is 103 cm³/mol. The van der Waals surface area contributed by atoms with Crippen LogP contribution in [0.5, 0.6) is 11.5 Å². The topological polar surface area (TPSA) is 85.6 Å². The highest BCUT2D eigenvalue weighted by Crippen LogP contribution is 2.40. The van der Waals surface area contributed by atoms with Gasteiger partial charge in [-0.15, -0.1) is 0 Å². The van der Waals surface area contributed by atoms with E-state index in [0.717, 1.165) is 16.3 Å². The van der Waals surface area contributed by atoms with Gasteiger partial charge in [0.15, 0.2) is 17.3 Å². The minimum atomic E-state index is -5.06. The van der Waals surface area contributed by atoms with Crippen molar-refractivity contribution in [3.63, 3.8) is 0 Å². The van der Waals surface area contributed by atoms with Crippen molar-refractivity contribution in [2.45, 2.75) is 38.5 Å². The summed E-state index contributed by atoms with van der Waals surface area (Å²) in [5.41, 5.74) is -2.56. The molecule has 0 aliphatic carbocycles. The molecule has 0 spiro atoms. The lowest BCUT2D eigenvalue weighted by Gasteiger charge is -2.29. The monoisotopic (exact) mass is 429 g/mol. The number of aromatic nitrogens is 2. The first-order valence-electron chi connectivity index (χ1n) is 9.54. The van der Waals surface area contributed by atoms with Crippen LogP contribution in [0, 0.1) is 0 Å². The highest BCUT2D eigenvalue weighted by Gasteiger charge is 2.58. The zero-order chi connectivity index (χ0) is 22.4. The second-order valence-electron chi connectivity index (χ2n) is 6.64. The number of halogens is 3. The number of amides is 1. The van der Waals surface area contributed by atoms with Gasteiger partial charge in [0.25, 0.3) is 0 Å². The van der Waals surface area contributed by atoms with Crippen molar-refractivity contribution < 1.29 is 32.5 Å². The van der Waals surface area contributed by atoms with Crippen molar-refractivity contribution in [3.05, 3.63) is 42.0 Å². The van der Waals surface area contributed by atoms with Crippen molar-refractivity contribution in [2.75, 3.05) is 19.8 Å². The van der Waals surface area contributed by atoms with Crippen LogP contribution in [0.1, 0.15) is 31.7 Å². The molecule has 0 bridgehead atoms. The number of carbonyl (C=O) groups excluding carboxylic acids is 1. The van der Waals surface area contributed by atoms with Crippen LogP contribution in [0.4, 0.5) is 13.2 Å². The summed E-state index contributed by atoms with van der Waals surface area (Å²) < 4.78 is 52.6. The van der Waals surface area contributed by atoms with Crippen LogP contribution in [0.25, 0.3) is 0 Å². The summed E-state index contributed by atoms with van der Waals surface area (Å²) in [6.07, 6.45) is -3.48. The summed E-state index contributed by atoms with van der Waals surface area (Å²) in [4.78, 5) is 15.7. The smallest absolute Gasteiger partial charge is 0.425 e. The lowest BCUT2D eigenvalue weighted by Crippen LogP contribution is -2.48. The van der Waals surface area contributed by atoms with E-state index in [2.05, 4.69) is 10.3 Å². The maximum absolute atomic E-state index is 13.5. The molecular formula is C20H26F3N3O4. The Hall–Kier alpha value is -2.75. The first-order valence-corrected chi connectivity index (χ1v) is 9.54. The third kappa shape index (κ3) is 5.44. The van der Waals surface area contributed by atoms with Crippen LogP contribution >= 0.6 is 0 Å². The first kappa shape index (κ1) is 23.5. The zero-order valence-electron chi connectivity index (χ0n) is 17.1. The lowest BCUT2D eigenvalue weighted by molar-refractivity contribution is -0.271. The summed E-state index contributed by atoms with van der Waals surface area (Å²) >= 11 is 0. The Labute approximate surface area is 172 Å². The van der Waals surface area contributed by atoms with Gasteiger partial charge < -0.3 is 24.5 Å². The summed E-state index contributed by atoms with van der Waals surface area (Å²) in [5, 5.41) is 12.7. The molecule has 30 heavy (non-hydrogen) atoms. The minimum absolute atomic E-state index is 0.0902. The minimum Gasteiger partial charge on any atom is -0.490 e. The quantitative estimate of drug-likeness (QED) is 0.607. The van der Waals surface area contributed by atoms with Gasteiger partial charge in [-0.1, -0.05) is 6.07 Å². The van der Waals surface area contributed by atoms with Crippen molar-refractivity contribution in [2.24, 2.45) is 7.05 Å². The van der Waals surface area contributed by atoms with E-state index in [-0.39, 0.29) is 6.54 Å². The number of hydrogen-bond donors (Lipinski definition) is 2. The van der Waals surface area contributed by atoms with E-state index in [1.54, 1.807) is 18.2 Å². The predicted octanol–water partition coefficient (Wildman–Crippen LogP) is 2.72. The average molecular weight is 429 g/mol. The second kappa shape index (κ2) is 9.84. The summed E-state index contributed by atoms with van der Waals surface area (Å²) in [6, 6.07) is 5.30. The number of aliphatic hydroxyl groups is 1. The van der Waals surface area contributed by atoms with Gasteiger partial charge in [-0.2, -0.15) is 13.2 Å². The molecule has 0 saturated heterocycles. The Bertz CT molecular complexity index is 854. The molecule has 0 aliphatic heterocycles. The SMILES string of the molecule is CCOc1ccc(CCNC(=O)CC(O)(c2nccn2C)C(F)(F)F)cc1OCC. The van der Waals surface area contributed by atoms with E-state index < -0.39 is 29.9 Å². The van der Waals surface area contributed by atoms with Gasteiger partial charge in [-0.3, -0.25) is 4.79 Å². The van der Waals surface area contributed by atoms with E-state index >= 15 is 0 Å². The first-order chi connectivity index (χ1) is 14.1. The number of alkyl halides is 3. The molecule has 166 valence electrons. The molecule has 1 heterocycles. The Kier molecular flexibility index (Phi) is 7.71. The van der Waals surface area contributed by atoms with Crippen LogP contribution < -0.4 is 14.8 Å². The van der Waals surface area contributed by atoms with Gasteiger partial charge in [-0.25, -0.2) is 4.98 Å². The Morgan fingerprint density at radius 1 is 1.20 bits per heavy atom. The number of nitrogens with one attached hydrogen (secondary N) is 1. The number of nitrogens with zero attached hydrogens (tertiary/aromatic N) is 2. The molecule has 1 aromatic heterocycles. The Balaban J connectivity index is 2.02. The number of hydrogen-bond acceptors (Lipinski definition) is 5. The Morgan fingerprint density at radius 2 is 1.87 bits per heavy atom. The van der Waals surface area contributed by atoms with Crippen molar-refractivity contribution in [1.82, 2.24) is 14.9 Å². The highest BCUT2D eigenvalue weighted by atomic mass is 19.4. The normalized spacial score (nSPS) is 13.6. The second-order valence-corrected chi connectivity index (χ2v) is 6.64. The molecule has 2 rings (SSSR count). The largest absolute Gasteiger partial charge is 0.490 e. The average Bonchev–Trinajstić information content (AvgIpc) is 3.09. The van der Waals surface area contributed by atoms with E-state index in [1.165, 1.54) is 13.2 Å². The number of benzene rings is 1. The van der Waals surface area contributed by atoms with Crippen molar-refractivity contribution in [3.8, 4) is 11.5 Å². The maximum Gasteiger partial charge on any atom is 0.425 e. The molecule has 0 saturated carbocycles. The van der Waals surface area contributed by atoms with Crippen molar-refractivity contribution in [1.29, 1.82) is 0 Å². The van der Waals surface area contributed by atoms with Gasteiger partial charge in [-0.05, 0) is 38.0 Å². The van der Waals surface area contributed by atoms with Crippen LogP contribution in [0.15, 0.2) is 30.6 Å². The van der Waals surface area contributed by atoms with Crippen LogP contribution in [-0.2, 0) is 23.9 Å². The van der Waals surface area contributed by atoms with E-state index in [4.69, 9.17) is 9.47 Å². The molecule has 2 aromatic rings.